The third-order valence-corrected chi connectivity index (χ3v) is 3.24. The molecule has 2 heterocycles. The average Bonchev–Trinajstić information content (AvgIpc) is 2.92. The first-order valence-electron chi connectivity index (χ1n) is 5.52. The molecule has 0 bridgehead atoms. The molecule has 0 aliphatic carbocycles. The molecule has 0 fully saturated rings. The van der Waals surface area contributed by atoms with E-state index in [2.05, 4.69) is 10.4 Å². The van der Waals surface area contributed by atoms with Gasteiger partial charge in [0.1, 0.15) is 6.54 Å². The van der Waals surface area contributed by atoms with Crippen LogP contribution in [-0.4, -0.2) is 27.3 Å². The molecule has 0 radical (unpaired) electrons. The number of rotatable bonds is 6. The molecule has 5 nitrogen and oxygen atoms in total. The number of carboxylic acid groups (broad SMARTS) is 1. The van der Waals surface area contributed by atoms with Crippen molar-refractivity contribution >= 4 is 23.0 Å². The van der Waals surface area contributed by atoms with Crippen LogP contribution in [0.25, 0.3) is 0 Å². The van der Waals surface area contributed by atoms with Gasteiger partial charge in [0, 0.05) is 17.6 Å². The van der Waals surface area contributed by atoms with Crippen LogP contribution in [0, 0.1) is 5.13 Å². The van der Waals surface area contributed by atoms with Crippen LogP contribution in [0.3, 0.4) is 0 Å². The van der Waals surface area contributed by atoms with Gasteiger partial charge in [0.25, 0.3) is 6.43 Å². The van der Waals surface area contributed by atoms with Gasteiger partial charge in [-0.2, -0.15) is 9.49 Å². The van der Waals surface area contributed by atoms with Crippen LogP contribution in [0.1, 0.15) is 15.4 Å². The summed E-state index contributed by atoms with van der Waals surface area (Å²) < 4.78 is 38.2. The first kappa shape index (κ1) is 14.4. The minimum absolute atomic E-state index is 0.118. The second-order valence-corrected chi connectivity index (χ2v) is 4.99. The van der Waals surface area contributed by atoms with Gasteiger partial charge < -0.3 is 10.4 Å². The summed E-state index contributed by atoms with van der Waals surface area (Å²) in [5.41, 5.74) is -0.227. The topological polar surface area (TPSA) is 67.1 Å². The molecule has 108 valence electrons. The second kappa shape index (κ2) is 5.95. The highest BCUT2D eigenvalue weighted by Gasteiger charge is 2.17. The van der Waals surface area contributed by atoms with Crippen LogP contribution < -0.4 is 5.32 Å². The second-order valence-electron chi connectivity index (χ2n) is 3.87. The molecule has 0 spiro atoms. The van der Waals surface area contributed by atoms with Crippen LogP contribution >= 0.6 is 11.3 Å². The molecule has 0 aliphatic rings. The maximum absolute atomic E-state index is 12.8. The Hall–Kier alpha value is -2.03. The number of aromatic nitrogens is 2. The number of halogens is 3. The minimum atomic E-state index is -2.63. The lowest BCUT2D eigenvalue weighted by molar-refractivity contribution is 0.0687. The first-order valence-corrected chi connectivity index (χ1v) is 6.34. The smallest absolute Gasteiger partial charge is 0.358 e. The van der Waals surface area contributed by atoms with Crippen molar-refractivity contribution in [3.8, 4) is 0 Å². The fourth-order valence-electron chi connectivity index (χ4n) is 1.57. The Morgan fingerprint density at radius 2 is 2.25 bits per heavy atom. The summed E-state index contributed by atoms with van der Waals surface area (Å²) in [6.07, 6.45) is -1.43. The summed E-state index contributed by atoms with van der Waals surface area (Å²) in [6.45, 7) is -0.495. The van der Waals surface area contributed by atoms with E-state index in [-0.39, 0.29) is 23.1 Å². The highest BCUT2D eigenvalue weighted by molar-refractivity contribution is 7.10. The van der Waals surface area contributed by atoms with Gasteiger partial charge in [-0.25, -0.2) is 13.6 Å². The predicted octanol–water partition coefficient (Wildman–Crippen LogP) is 2.66. The van der Waals surface area contributed by atoms with Gasteiger partial charge >= 0.3 is 5.97 Å². The van der Waals surface area contributed by atoms with Crippen LogP contribution in [0.4, 0.5) is 18.9 Å². The molecule has 0 atom stereocenters. The number of thiophene rings is 1. The van der Waals surface area contributed by atoms with E-state index in [4.69, 9.17) is 5.11 Å². The number of carbonyl (C=O) groups is 1. The van der Waals surface area contributed by atoms with Crippen LogP contribution in [0.15, 0.2) is 18.3 Å². The monoisotopic (exact) mass is 305 g/mol. The SMILES string of the molecule is O=C(O)c1nn(CC(F)F)cc1NCc1ccc(F)s1. The Morgan fingerprint density at radius 3 is 2.80 bits per heavy atom. The van der Waals surface area contributed by atoms with Gasteiger partial charge in [0.15, 0.2) is 10.8 Å². The van der Waals surface area contributed by atoms with E-state index in [9.17, 15) is 18.0 Å². The van der Waals surface area contributed by atoms with Crippen molar-refractivity contribution < 1.29 is 23.1 Å². The molecule has 0 unspecified atom stereocenters. The molecule has 0 aliphatic heterocycles. The zero-order valence-corrected chi connectivity index (χ0v) is 10.8. The number of carboxylic acids is 1. The maximum Gasteiger partial charge on any atom is 0.358 e. The molecule has 0 amide bonds. The van der Waals surface area contributed by atoms with E-state index in [1.54, 1.807) is 6.07 Å². The zero-order chi connectivity index (χ0) is 14.7. The number of nitrogens with zero attached hydrogens (tertiary/aromatic N) is 2. The summed E-state index contributed by atoms with van der Waals surface area (Å²) in [7, 11) is 0. The van der Waals surface area contributed by atoms with Crippen molar-refractivity contribution in [1.82, 2.24) is 9.78 Å². The van der Waals surface area contributed by atoms with Crippen molar-refractivity contribution in [2.45, 2.75) is 19.5 Å². The van der Waals surface area contributed by atoms with E-state index >= 15 is 0 Å². The largest absolute Gasteiger partial charge is 0.476 e. The van der Waals surface area contributed by atoms with Gasteiger partial charge in [-0.3, -0.25) is 4.68 Å². The molecule has 0 saturated carbocycles. The zero-order valence-electron chi connectivity index (χ0n) is 10.0. The number of anilines is 1. The highest BCUT2D eigenvalue weighted by Crippen LogP contribution is 2.19. The number of alkyl halides is 2. The van der Waals surface area contributed by atoms with Gasteiger partial charge in [-0.05, 0) is 12.1 Å². The Morgan fingerprint density at radius 1 is 1.50 bits per heavy atom. The maximum atomic E-state index is 12.8. The molecule has 2 aromatic rings. The van der Waals surface area contributed by atoms with E-state index in [1.165, 1.54) is 12.3 Å². The molecule has 2 rings (SSSR count). The lowest BCUT2D eigenvalue weighted by Gasteiger charge is -2.02. The van der Waals surface area contributed by atoms with Crippen molar-refractivity contribution in [3.63, 3.8) is 0 Å². The van der Waals surface area contributed by atoms with Gasteiger partial charge in [0.2, 0.25) is 0 Å². The van der Waals surface area contributed by atoms with Gasteiger partial charge in [-0.15, -0.1) is 11.3 Å². The van der Waals surface area contributed by atoms with Gasteiger partial charge in [-0.1, -0.05) is 0 Å². The molecule has 20 heavy (non-hydrogen) atoms. The molecule has 9 heteroatoms. The van der Waals surface area contributed by atoms with Crippen molar-refractivity contribution in [2.75, 3.05) is 5.32 Å². The van der Waals surface area contributed by atoms with E-state index < -0.39 is 18.9 Å². The summed E-state index contributed by atoms with van der Waals surface area (Å²) in [5, 5.41) is 14.9. The molecule has 0 aromatic carbocycles. The lowest BCUT2D eigenvalue weighted by Crippen LogP contribution is -2.08. The third kappa shape index (κ3) is 3.50. The van der Waals surface area contributed by atoms with Crippen LogP contribution in [0.5, 0.6) is 0 Å². The van der Waals surface area contributed by atoms with Gasteiger partial charge in [0.05, 0.1) is 5.69 Å². The third-order valence-electron chi connectivity index (χ3n) is 2.37. The summed E-state index contributed by atoms with van der Waals surface area (Å²) in [5.74, 6) is -1.32. The van der Waals surface area contributed by atoms with Crippen molar-refractivity contribution in [2.24, 2.45) is 0 Å². The predicted molar refractivity (Wildman–Crippen MR) is 66.8 cm³/mol. The summed E-state index contributed by atoms with van der Waals surface area (Å²) >= 11 is 0.915. The Kier molecular flexibility index (Phi) is 4.28. The first-order chi connectivity index (χ1) is 9.45. The number of nitrogens with one attached hydrogen (secondary N) is 1. The van der Waals surface area contributed by atoms with Crippen LogP contribution in [-0.2, 0) is 13.1 Å². The normalized spacial score (nSPS) is 11.0. The van der Waals surface area contributed by atoms with Crippen molar-refractivity contribution in [3.05, 3.63) is 34.0 Å². The van der Waals surface area contributed by atoms with E-state index in [1.807, 2.05) is 0 Å². The Balaban J connectivity index is 2.12. The average molecular weight is 305 g/mol. The number of hydrogen-bond acceptors (Lipinski definition) is 4. The minimum Gasteiger partial charge on any atom is -0.476 e. The molecular formula is C11H10F3N3O2S. The Labute approximate surface area is 115 Å². The summed E-state index contributed by atoms with van der Waals surface area (Å²) in [4.78, 5) is 11.6. The number of hydrogen-bond donors (Lipinski definition) is 2. The Bertz CT molecular complexity index is 612. The quantitative estimate of drug-likeness (QED) is 0.861. The number of aromatic carboxylic acids is 1. The van der Waals surface area contributed by atoms with Crippen molar-refractivity contribution in [1.29, 1.82) is 0 Å². The highest BCUT2D eigenvalue weighted by atomic mass is 32.1. The molecule has 2 aromatic heterocycles. The standard InChI is InChI=1S/C11H10F3N3O2S/c12-8(13)5-17-4-7(10(16-17)11(18)19)15-3-6-1-2-9(14)20-6/h1-2,4,8,15H,3,5H2,(H,18,19). The van der Waals surface area contributed by atoms with E-state index in [0.29, 0.717) is 4.88 Å². The van der Waals surface area contributed by atoms with E-state index in [0.717, 1.165) is 16.0 Å². The molecule has 2 N–H and O–H groups in total. The summed E-state index contributed by atoms with van der Waals surface area (Å²) in [6, 6.07) is 2.84. The molecular weight excluding hydrogens is 295 g/mol. The van der Waals surface area contributed by atoms with Crippen LogP contribution in [0.2, 0.25) is 0 Å². The fraction of sp³-hybridized carbons (Fsp3) is 0.273. The molecule has 0 saturated heterocycles. The lowest BCUT2D eigenvalue weighted by atomic mass is 10.3. The fourth-order valence-corrected chi connectivity index (χ4v) is 2.24.